The molecule has 0 saturated carbocycles. The minimum Gasteiger partial charge on any atom is -0.347 e. The lowest BCUT2D eigenvalue weighted by Crippen LogP contribution is -2.23. The first-order chi connectivity index (χ1) is 13.4. The molecule has 0 atom stereocenters. The third-order valence-corrected chi connectivity index (χ3v) is 4.82. The van der Waals surface area contributed by atoms with Crippen molar-refractivity contribution in [3.63, 3.8) is 0 Å². The lowest BCUT2D eigenvalue weighted by molar-refractivity contribution is 0.0953. The number of sulfone groups is 1. The van der Waals surface area contributed by atoms with Crippen LogP contribution in [0.15, 0.2) is 78.2 Å². The zero-order valence-corrected chi connectivity index (χ0v) is 16.2. The van der Waals surface area contributed by atoms with Gasteiger partial charge in [-0.2, -0.15) is 5.10 Å². The van der Waals surface area contributed by atoms with Crippen LogP contribution in [0.4, 0.5) is 0 Å². The summed E-state index contributed by atoms with van der Waals surface area (Å²) >= 11 is 0. The van der Waals surface area contributed by atoms with Crippen molar-refractivity contribution in [2.45, 2.75) is 5.92 Å². The van der Waals surface area contributed by atoms with Crippen LogP contribution < -0.4 is 5.32 Å². The van der Waals surface area contributed by atoms with Gasteiger partial charge in [0.2, 0.25) is 0 Å². The van der Waals surface area contributed by atoms with E-state index in [9.17, 15) is 13.2 Å². The van der Waals surface area contributed by atoms with E-state index < -0.39 is 9.84 Å². The van der Waals surface area contributed by atoms with Gasteiger partial charge in [0.15, 0.2) is 9.84 Å². The number of hydrogen-bond acceptors (Lipinski definition) is 4. The molecule has 0 aliphatic carbocycles. The van der Waals surface area contributed by atoms with E-state index >= 15 is 0 Å². The van der Waals surface area contributed by atoms with Gasteiger partial charge in [0.25, 0.3) is 5.91 Å². The van der Waals surface area contributed by atoms with Gasteiger partial charge in [-0.3, -0.25) is 9.89 Å². The predicted octanol–water partition coefficient (Wildman–Crippen LogP) is 2.88. The van der Waals surface area contributed by atoms with E-state index in [2.05, 4.69) is 15.5 Å². The van der Waals surface area contributed by atoms with Gasteiger partial charge in [-0.25, -0.2) is 8.42 Å². The van der Waals surface area contributed by atoms with Crippen molar-refractivity contribution >= 4 is 15.7 Å². The van der Waals surface area contributed by atoms with Crippen LogP contribution in [0.25, 0.3) is 0 Å². The Labute approximate surface area is 164 Å². The Morgan fingerprint density at radius 1 is 1.07 bits per heavy atom. The van der Waals surface area contributed by atoms with Gasteiger partial charge in [0.1, 0.15) is 5.69 Å². The van der Waals surface area contributed by atoms with Crippen LogP contribution in [-0.2, 0) is 9.84 Å². The minimum atomic E-state index is -3.21. The molecule has 3 rings (SSSR count). The highest BCUT2D eigenvalue weighted by atomic mass is 32.2. The fourth-order valence-corrected chi connectivity index (χ4v) is 3.35. The second kappa shape index (κ2) is 8.67. The van der Waals surface area contributed by atoms with Gasteiger partial charge in [0, 0.05) is 23.9 Å². The second-order valence-corrected chi connectivity index (χ2v) is 8.31. The number of rotatable bonds is 7. The monoisotopic (exact) mass is 395 g/mol. The normalized spacial score (nSPS) is 11.8. The molecule has 0 spiro atoms. The summed E-state index contributed by atoms with van der Waals surface area (Å²) in [7, 11) is -3.21. The first-order valence-electron chi connectivity index (χ1n) is 8.74. The maximum atomic E-state index is 12.3. The van der Waals surface area contributed by atoms with Crippen molar-refractivity contribution in [2.75, 3.05) is 12.8 Å². The molecule has 1 heterocycles. The SMILES string of the molecule is CS(=O)(=O)/C=C/CNC(=O)c1cc(C(c2ccccc2)c2ccccc2)[nH]n1. The van der Waals surface area contributed by atoms with E-state index in [0.29, 0.717) is 0 Å². The van der Waals surface area contributed by atoms with Gasteiger partial charge >= 0.3 is 0 Å². The molecule has 28 heavy (non-hydrogen) atoms. The number of nitrogens with zero attached hydrogens (tertiary/aromatic N) is 1. The molecule has 7 heteroatoms. The molecule has 0 radical (unpaired) electrons. The van der Waals surface area contributed by atoms with Crippen LogP contribution in [0, 0.1) is 0 Å². The summed E-state index contributed by atoms with van der Waals surface area (Å²) in [6.45, 7) is 0.106. The van der Waals surface area contributed by atoms with Crippen LogP contribution in [0.5, 0.6) is 0 Å². The zero-order valence-electron chi connectivity index (χ0n) is 15.4. The molecule has 3 aromatic rings. The largest absolute Gasteiger partial charge is 0.347 e. The van der Waals surface area contributed by atoms with Crippen LogP contribution in [0.3, 0.4) is 0 Å². The molecule has 0 bridgehead atoms. The van der Waals surface area contributed by atoms with Gasteiger partial charge in [-0.15, -0.1) is 0 Å². The molecular formula is C21H21N3O3S. The fourth-order valence-electron chi connectivity index (χ4n) is 2.91. The summed E-state index contributed by atoms with van der Waals surface area (Å²) < 4.78 is 22.2. The Morgan fingerprint density at radius 3 is 2.18 bits per heavy atom. The lowest BCUT2D eigenvalue weighted by atomic mass is 9.88. The van der Waals surface area contributed by atoms with Crippen molar-refractivity contribution in [1.29, 1.82) is 0 Å². The second-order valence-electron chi connectivity index (χ2n) is 6.37. The maximum absolute atomic E-state index is 12.3. The molecule has 0 unspecified atom stereocenters. The van der Waals surface area contributed by atoms with Crippen molar-refractivity contribution in [2.24, 2.45) is 0 Å². The molecule has 0 saturated heterocycles. The summed E-state index contributed by atoms with van der Waals surface area (Å²) in [5.74, 6) is -0.456. The van der Waals surface area contributed by atoms with Crippen molar-refractivity contribution < 1.29 is 13.2 Å². The predicted molar refractivity (Wildman–Crippen MR) is 109 cm³/mol. The summed E-state index contributed by atoms with van der Waals surface area (Å²) in [5, 5.41) is 10.8. The van der Waals surface area contributed by atoms with Crippen molar-refractivity contribution in [3.8, 4) is 0 Å². The summed E-state index contributed by atoms with van der Waals surface area (Å²) in [5.41, 5.74) is 3.22. The van der Waals surface area contributed by atoms with Gasteiger partial charge in [-0.1, -0.05) is 66.7 Å². The minimum absolute atomic E-state index is 0.0819. The molecule has 0 aliphatic heterocycles. The van der Waals surface area contributed by atoms with Crippen LogP contribution >= 0.6 is 0 Å². The number of aromatic nitrogens is 2. The molecule has 0 aliphatic rings. The summed E-state index contributed by atoms with van der Waals surface area (Å²) in [6, 6.07) is 21.7. The van der Waals surface area contributed by atoms with Gasteiger partial charge in [0.05, 0.1) is 5.92 Å². The number of carbonyl (C=O) groups excluding carboxylic acids is 1. The third-order valence-electron chi connectivity index (χ3n) is 4.13. The smallest absolute Gasteiger partial charge is 0.272 e. The molecule has 6 nitrogen and oxygen atoms in total. The molecule has 1 amide bonds. The first-order valence-corrected chi connectivity index (χ1v) is 10.7. The number of nitrogens with one attached hydrogen (secondary N) is 2. The maximum Gasteiger partial charge on any atom is 0.272 e. The summed E-state index contributed by atoms with van der Waals surface area (Å²) in [4.78, 5) is 12.3. The van der Waals surface area contributed by atoms with Gasteiger partial charge < -0.3 is 5.32 Å². The zero-order chi connectivity index (χ0) is 20.0. The molecule has 1 aromatic heterocycles. The van der Waals surface area contributed by atoms with E-state index in [1.165, 1.54) is 6.08 Å². The number of amides is 1. The summed E-state index contributed by atoms with van der Waals surface area (Å²) in [6.07, 6.45) is 2.48. The van der Waals surface area contributed by atoms with E-state index in [-0.39, 0.29) is 24.1 Å². The number of H-pyrrole nitrogens is 1. The van der Waals surface area contributed by atoms with E-state index in [0.717, 1.165) is 28.5 Å². The number of carbonyl (C=O) groups is 1. The average molecular weight is 395 g/mol. The van der Waals surface area contributed by atoms with E-state index in [1.54, 1.807) is 6.07 Å². The highest BCUT2D eigenvalue weighted by Crippen LogP contribution is 2.30. The first kappa shape index (κ1) is 19.6. The van der Waals surface area contributed by atoms with Crippen molar-refractivity contribution in [1.82, 2.24) is 15.5 Å². The fraction of sp³-hybridized carbons (Fsp3) is 0.143. The number of aromatic amines is 1. The Kier molecular flexibility index (Phi) is 6.06. The lowest BCUT2D eigenvalue weighted by Gasteiger charge is -2.16. The highest BCUT2D eigenvalue weighted by molar-refractivity contribution is 7.93. The Morgan fingerprint density at radius 2 is 1.64 bits per heavy atom. The van der Waals surface area contributed by atoms with Gasteiger partial charge in [-0.05, 0) is 17.2 Å². The molecule has 144 valence electrons. The quantitative estimate of drug-likeness (QED) is 0.643. The standard InChI is InChI=1S/C21H21N3O3S/c1-28(26,27)14-8-13-22-21(25)19-15-18(23-24-19)20(16-9-4-2-5-10-16)17-11-6-3-7-12-17/h2-12,14-15,20H,13H2,1H3,(H,22,25)(H,23,24)/b14-8+. The Bertz CT molecular complexity index is 1020. The number of hydrogen-bond donors (Lipinski definition) is 2. The third kappa shape index (κ3) is 5.17. The highest BCUT2D eigenvalue weighted by Gasteiger charge is 2.20. The van der Waals surface area contributed by atoms with Crippen LogP contribution in [0.1, 0.15) is 33.2 Å². The molecule has 0 fully saturated rings. The average Bonchev–Trinajstić information content (AvgIpc) is 3.16. The number of benzene rings is 2. The Hall–Kier alpha value is -3.19. The van der Waals surface area contributed by atoms with Crippen LogP contribution in [-0.4, -0.2) is 37.3 Å². The molecule has 2 N–H and O–H groups in total. The molecule has 2 aromatic carbocycles. The van der Waals surface area contributed by atoms with E-state index in [1.807, 2.05) is 60.7 Å². The van der Waals surface area contributed by atoms with E-state index in [4.69, 9.17) is 0 Å². The topological polar surface area (TPSA) is 91.9 Å². The Balaban J connectivity index is 1.81. The molecular weight excluding hydrogens is 374 g/mol. The van der Waals surface area contributed by atoms with Crippen molar-refractivity contribution in [3.05, 3.63) is 101 Å². The van der Waals surface area contributed by atoms with Crippen LogP contribution in [0.2, 0.25) is 0 Å².